The van der Waals surface area contributed by atoms with Gasteiger partial charge >= 0.3 is 12.3 Å². The molecule has 0 aliphatic carbocycles. The smallest absolute Gasteiger partial charge is 0.324 e. The summed E-state index contributed by atoms with van der Waals surface area (Å²) in [5, 5.41) is 5.35. The van der Waals surface area contributed by atoms with Gasteiger partial charge in [0.2, 0.25) is 0 Å². The summed E-state index contributed by atoms with van der Waals surface area (Å²) in [5.41, 5.74) is -0.853. The second-order valence-corrected chi connectivity index (χ2v) is 4.19. The largest absolute Gasteiger partial charge is 0.376 e. The minimum absolute atomic E-state index is 0.195. The fourth-order valence-corrected chi connectivity index (χ4v) is 1.46. The molecular formula is C10H12ClF4N3O. The summed E-state index contributed by atoms with van der Waals surface area (Å²) < 4.78 is 50.4. The molecule has 19 heavy (non-hydrogen) atoms. The Balaban J connectivity index is 2.87. The van der Waals surface area contributed by atoms with E-state index in [0.29, 0.717) is 13.0 Å². The molecule has 0 aliphatic heterocycles. The lowest BCUT2D eigenvalue weighted by Crippen LogP contribution is -2.35. The van der Waals surface area contributed by atoms with Crippen LogP contribution in [-0.4, -0.2) is 28.7 Å². The maximum Gasteiger partial charge on any atom is 0.324 e. The third-order valence-electron chi connectivity index (χ3n) is 2.25. The SMILES string of the molecule is CCCn1ncc(NCC(F)(F)C(F)F)c(Cl)c1=O. The van der Waals surface area contributed by atoms with Crippen molar-refractivity contribution in [2.24, 2.45) is 0 Å². The monoisotopic (exact) mass is 301 g/mol. The van der Waals surface area contributed by atoms with Crippen LogP contribution in [0.25, 0.3) is 0 Å². The Kier molecular flexibility index (Phi) is 5.16. The summed E-state index contributed by atoms with van der Waals surface area (Å²) >= 11 is 5.67. The van der Waals surface area contributed by atoms with Crippen molar-refractivity contribution in [2.75, 3.05) is 11.9 Å². The van der Waals surface area contributed by atoms with Gasteiger partial charge in [0.15, 0.2) is 0 Å². The van der Waals surface area contributed by atoms with E-state index < -0.39 is 24.5 Å². The molecule has 0 saturated carbocycles. The van der Waals surface area contributed by atoms with E-state index in [1.807, 2.05) is 12.2 Å². The van der Waals surface area contributed by atoms with Crippen molar-refractivity contribution in [2.45, 2.75) is 32.2 Å². The summed E-state index contributed by atoms with van der Waals surface area (Å²) in [4.78, 5) is 11.6. The van der Waals surface area contributed by atoms with Crippen molar-refractivity contribution in [1.82, 2.24) is 9.78 Å². The molecule has 108 valence electrons. The van der Waals surface area contributed by atoms with Gasteiger partial charge in [0.1, 0.15) is 5.02 Å². The van der Waals surface area contributed by atoms with Gasteiger partial charge in [0.25, 0.3) is 5.56 Å². The predicted octanol–water partition coefficient (Wildman–Crippen LogP) is 2.62. The second kappa shape index (κ2) is 6.23. The van der Waals surface area contributed by atoms with E-state index in [1.54, 1.807) is 0 Å². The standard InChI is InChI=1S/C10H12ClF4N3O/c1-2-3-18-8(19)7(11)6(4-17-18)16-5-10(14,15)9(12)13/h4,9,16H,2-3,5H2,1H3. The molecule has 0 radical (unpaired) electrons. The number of hydrogen-bond acceptors (Lipinski definition) is 3. The van der Waals surface area contributed by atoms with Gasteiger partial charge in [-0.2, -0.15) is 13.9 Å². The predicted molar refractivity (Wildman–Crippen MR) is 63.2 cm³/mol. The summed E-state index contributed by atoms with van der Waals surface area (Å²) in [6.45, 7) is 0.812. The molecule has 1 aromatic heterocycles. The fourth-order valence-electron chi connectivity index (χ4n) is 1.25. The topological polar surface area (TPSA) is 46.9 Å². The Hall–Kier alpha value is -1.31. The molecule has 1 aromatic rings. The highest BCUT2D eigenvalue weighted by atomic mass is 35.5. The van der Waals surface area contributed by atoms with Crippen LogP contribution in [-0.2, 0) is 6.54 Å². The molecule has 0 spiro atoms. The number of halogens is 5. The van der Waals surface area contributed by atoms with Gasteiger partial charge in [-0.3, -0.25) is 4.79 Å². The number of rotatable bonds is 6. The Labute approximate surface area is 111 Å². The first kappa shape index (κ1) is 15.7. The van der Waals surface area contributed by atoms with Crippen molar-refractivity contribution in [3.8, 4) is 0 Å². The summed E-state index contributed by atoms with van der Waals surface area (Å²) in [7, 11) is 0. The summed E-state index contributed by atoms with van der Waals surface area (Å²) in [6.07, 6.45) is -2.10. The molecule has 9 heteroatoms. The zero-order valence-corrected chi connectivity index (χ0v) is 10.7. The zero-order chi connectivity index (χ0) is 14.6. The Morgan fingerprint density at radius 1 is 1.53 bits per heavy atom. The molecule has 0 fully saturated rings. The van der Waals surface area contributed by atoms with Gasteiger partial charge in [-0.1, -0.05) is 18.5 Å². The second-order valence-electron chi connectivity index (χ2n) is 3.82. The van der Waals surface area contributed by atoms with Gasteiger partial charge in [0, 0.05) is 6.54 Å². The molecule has 0 amide bonds. The van der Waals surface area contributed by atoms with Gasteiger partial charge in [-0.05, 0) is 6.42 Å². The van der Waals surface area contributed by atoms with Gasteiger partial charge in [0.05, 0.1) is 18.4 Å². The van der Waals surface area contributed by atoms with E-state index in [-0.39, 0.29) is 10.7 Å². The van der Waals surface area contributed by atoms with Crippen LogP contribution >= 0.6 is 11.6 Å². The van der Waals surface area contributed by atoms with E-state index in [2.05, 4.69) is 5.10 Å². The number of hydrogen-bond donors (Lipinski definition) is 1. The quantitative estimate of drug-likeness (QED) is 0.822. The molecular weight excluding hydrogens is 290 g/mol. The number of aryl methyl sites for hydroxylation is 1. The highest BCUT2D eigenvalue weighted by molar-refractivity contribution is 6.32. The summed E-state index contributed by atoms with van der Waals surface area (Å²) in [6, 6.07) is 0. The summed E-state index contributed by atoms with van der Waals surface area (Å²) in [5.74, 6) is -4.21. The number of aromatic nitrogens is 2. The highest BCUT2D eigenvalue weighted by Gasteiger charge is 2.40. The van der Waals surface area contributed by atoms with Crippen LogP contribution in [0, 0.1) is 0 Å². The van der Waals surface area contributed by atoms with E-state index in [1.165, 1.54) is 0 Å². The van der Waals surface area contributed by atoms with Crippen molar-refractivity contribution >= 4 is 17.3 Å². The fraction of sp³-hybridized carbons (Fsp3) is 0.600. The van der Waals surface area contributed by atoms with Crippen molar-refractivity contribution in [3.05, 3.63) is 21.6 Å². The van der Waals surface area contributed by atoms with Crippen LogP contribution in [0.3, 0.4) is 0 Å². The molecule has 0 aromatic carbocycles. The van der Waals surface area contributed by atoms with Crippen LogP contribution in [0.15, 0.2) is 11.0 Å². The molecule has 0 bridgehead atoms. The van der Waals surface area contributed by atoms with Crippen molar-refractivity contribution < 1.29 is 17.6 Å². The minimum Gasteiger partial charge on any atom is -0.376 e. The lowest BCUT2D eigenvalue weighted by Gasteiger charge is -2.17. The Bertz CT molecular complexity index is 492. The van der Waals surface area contributed by atoms with Crippen molar-refractivity contribution in [3.63, 3.8) is 0 Å². The highest BCUT2D eigenvalue weighted by Crippen LogP contribution is 2.24. The maximum atomic E-state index is 12.7. The van der Waals surface area contributed by atoms with Gasteiger partial charge in [-0.15, -0.1) is 0 Å². The van der Waals surface area contributed by atoms with Gasteiger partial charge in [-0.25, -0.2) is 13.5 Å². The van der Waals surface area contributed by atoms with Crippen molar-refractivity contribution in [1.29, 1.82) is 0 Å². The first-order valence-electron chi connectivity index (χ1n) is 5.45. The first-order chi connectivity index (χ1) is 8.79. The molecule has 0 aliphatic rings. The lowest BCUT2D eigenvalue weighted by atomic mass is 10.3. The number of nitrogens with zero attached hydrogens (tertiary/aromatic N) is 2. The Morgan fingerprint density at radius 2 is 2.16 bits per heavy atom. The number of anilines is 1. The maximum absolute atomic E-state index is 12.7. The third-order valence-corrected chi connectivity index (χ3v) is 2.62. The third kappa shape index (κ3) is 3.82. The average Bonchev–Trinajstić information content (AvgIpc) is 2.34. The van der Waals surface area contributed by atoms with Crippen LogP contribution < -0.4 is 10.9 Å². The van der Waals surface area contributed by atoms with E-state index in [0.717, 1.165) is 10.9 Å². The van der Waals surface area contributed by atoms with E-state index >= 15 is 0 Å². The normalized spacial score (nSPS) is 11.9. The zero-order valence-electron chi connectivity index (χ0n) is 9.97. The van der Waals surface area contributed by atoms with E-state index in [9.17, 15) is 22.4 Å². The van der Waals surface area contributed by atoms with Gasteiger partial charge < -0.3 is 5.32 Å². The van der Waals surface area contributed by atoms with Crippen LogP contribution in [0.4, 0.5) is 23.2 Å². The molecule has 4 nitrogen and oxygen atoms in total. The number of nitrogens with one attached hydrogen (secondary N) is 1. The number of alkyl halides is 4. The molecule has 1 rings (SSSR count). The average molecular weight is 302 g/mol. The minimum atomic E-state index is -4.21. The lowest BCUT2D eigenvalue weighted by molar-refractivity contribution is -0.117. The molecule has 1 N–H and O–H groups in total. The molecule has 0 atom stereocenters. The Morgan fingerprint density at radius 3 is 2.68 bits per heavy atom. The van der Waals surface area contributed by atoms with Crippen LogP contribution in [0.2, 0.25) is 5.02 Å². The molecule has 0 unspecified atom stereocenters. The molecule has 0 saturated heterocycles. The van der Waals surface area contributed by atoms with Crippen LogP contribution in [0.5, 0.6) is 0 Å². The van der Waals surface area contributed by atoms with Crippen LogP contribution in [0.1, 0.15) is 13.3 Å². The molecule has 1 heterocycles. The first-order valence-corrected chi connectivity index (χ1v) is 5.83. The van der Waals surface area contributed by atoms with E-state index in [4.69, 9.17) is 11.6 Å².